The highest BCUT2D eigenvalue weighted by Crippen LogP contribution is 2.26. The van der Waals surface area contributed by atoms with Crippen LogP contribution in [0.5, 0.6) is 0 Å². The summed E-state index contributed by atoms with van der Waals surface area (Å²) in [5.41, 5.74) is 0. The van der Waals surface area contributed by atoms with E-state index >= 15 is 0 Å². The summed E-state index contributed by atoms with van der Waals surface area (Å²) in [4.78, 5) is 23.6. The molecule has 4 N–H and O–H groups in total. The van der Waals surface area contributed by atoms with Gasteiger partial charge in [-0.05, 0) is 12.8 Å². The van der Waals surface area contributed by atoms with Crippen molar-refractivity contribution < 1.29 is 24.9 Å². The quantitative estimate of drug-likeness (QED) is 0.450. The molecule has 0 aliphatic heterocycles. The number of rotatable bonds is 6. The average molecular weight is 232 g/mol. The predicted octanol–water partition coefficient (Wildman–Crippen LogP) is -1.40. The number of carboxylic acids is 1. The fraction of sp³-hybridized carbons (Fsp3) is 0.778. The highest BCUT2D eigenvalue weighted by molar-refractivity contribution is 5.83. The van der Waals surface area contributed by atoms with E-state index in [0.717, 1.165) is 12.8 Å². The smallest absolute Gasteiger partial charge is 0.328 e. The number of urea groups is 1. The molecule has 1 aliphatic carbocycles. The number of hydrogen-bond acceptors (Lipinski definition) is 4. The summed E-state index contributed by atoms with van der Waals surface area (Å²) < 4.78 is 0. The van der Waals surface area contributed by atoms with Gasteiger partial charge in [-0.3, -0.25) is 0 Å². The Bertz CT molecular complexity index is 267. The Labute approximate surface area is 92.7 Å². The molecular formula is C9H16N2O5. The minimum absolute atomic E-state index is 0.0836. The molecular weight excluding hydrogens is 216 g/mol. The van der Waals surface area contributed by atoms with Crippen molar-refractivity contribution in [1.82, 2.24) is 10.2 Å². The number of carboxylic acid groups (broad SMARTS) is 1. The molecule has 0 spiro atoms. The number of carbonyl (C=O) groups is 2. The molecule has 1 saturated carbocycles. The second-order valence-electron chi connectivity index (χ2n) is 3.67. The summed E-state index contributed by atoms with van der Waals surface area (Å²) in [6.45, 7) is -0.645. The molecule has 7 nitrogen and oxygen atoms in total. The third-order valence-electron chi connectivity index (χ3n) is 2.37. The van der Waals surface area contributed by atoms with Crippen LogP contribution in [0.15, 0.2) is 0 Å². The summed E-state index contributed by atoms with van der Waals surface area (Å²) in [5.74, 6) is -1.28. The summed E-state index contributed by atoms with van der Waals surface area (Å²) in [6.07, 6.45) is 1.73. The number of aliphatic hydroxyl groups is 2. The van der Waals surface area contributed by atoms with Crippen LogP contribution in [0.4, 0.5) is 4.79 Å². The van der Waals surface area contributed by atoms with Crippen LogP contribution in [-0.2, 0) is 4.79 Å². The number of hydrogen-bond donors (Lipinski definition) is 4. The van der Waals surface area contributed by atoms with Gasteiger partial charge in [0.05, 0.1) is 13.2 Å². The Morgan fingerprint density at radius 3 is 2.38 bits per heavy atom. The van der Waals surface area contributed by atoms with Crippen LogP contribution in [0.1, 0.15) is 12.8 Å². The maximum atomic E-state index is 11.6. The lowest BCUT2D eigenvalue weighted by Gasteiger charge is -2.23. The minimum atomic E-state index is -1.30. The van der Waals surface area contributed by atoms with Crippen LogP contribution in [0.25, 0.3) is 0 Å². The van der Waals surface area contributed by atoms with E-state index in [1.807, 2.05) is 0 Å². The zero-order chi connectivity index (χ0) is 12.1. The van der Waals surface area contributed by atoms with Gasteiger partial charge >= 0.3 is 12.0 Å². The molecule has 1 atom stereocenters. The summed E-state index contributed by atoms with van der Waals surface area (Å²) in [6, 6.07) is -1.77. The lowest BCUT2D eigenvalue weighted by molar-refractivity contribution is -0.140. The van der Waals surface area contributed by atoms with Crippen LogP contribution in [0.2, 0.25) is 0 Å². The average Bonchev–Trinajstić information content (AvgIpc) is 3.05. The summed E-state index contributed by atoms with van der Waals surface area (Å²) in [7, 11) is 0. The zero-order valence-electron chi connectivity index (χ0n) is 8.80. The third kappa shape index (κ3) is 3.35. The maximum Gasteiger partial charge on any atom is 0.328 e. The van der Waals surface area contributed by atoms with Gasteiger partial charge < -0.3 is 25.5 Å². The molecule has 1 rings (SSSR count). The van der Waals surface area contributed by atoms with E-state index in [1.165, 1.54) is 4.90 Å². The van der Waals surface area contributed by atoms with Gasteiger partial charge in [0.1, 0.15) is 0 Å². The van der Waals surface area contributed by atoms with E-state index in [-0.39, 0.29) is 19.2 Å². The summed E-state index contributed by atoms with van der Waals surface area (Å²) >= 11 is 0. The fourth-order valence-electron chi connectivity index (χ4n) is 1.36. The van der Waals surface area contributed by atoms with Crippen LogP contribution in [0, 0.1) is 0 Å². The second kappa shape index (κ2) is 5.66. The molecule has 0 aromatic carbocycles. The van der Waals surface area contributed by atoms with E-state index in [1.54, 1.807) is 0 Å². The second-order valence-corrected chi connectivity index (χ2v) is 3.67. The third-order valence-corrected chi connectivity index (χ3v) is 2.37. The van der Waals surface area contributed by atoms with Crippen molar-refractivity contribution in [2.75, 3.05) is 19.8 Å². The molecule has 16 heavy (non-hydrogen) atoms. The van der Waals surface area contributed by atoms with Crippen molar-refractivity contribution in [3.05, 3.63) is 0 Å². The van der Waals surface area contributed by atoms with Crippen LogP contribution in [-0.4, -0.2) is 64.1 Å². The molecule has 0 aromatic rings. The van der Waals surface area contributed by atoms with Gasteiger partial charge in [-0.1, -0.05) is 0 Å². The van der Waals surface area contributed by atoms with Gasteiger partial charge in [-0.15, -0.1) is 0 Å². The van der Waals surface area contributed by atoms with Crippen LogP contribution >= 0.6 is 0 Å². The number of carbonyl (C=O) groups excluding carboxylic acids is 1. The van der Waals surface area contributed by atoms with Crippen molar-refractivity contribution >= 4 is 12.0 Å². The monoisotopic (exact) mass is 232 g/mol. The van der Waals surface area contributed by atoms with Crippen molar-refractivity contribution in [2.24, 2.45) is 0 Å². The summed E-state index contributed by atoms with van der Waals surface area (Å²) in [5, 5.41) is 28.4. The van der Waals surface area contributed by atoms with E-state index in [9.17, 15) is 9.59 Å². The number of amides is 2. The number of aliphatic carboxylic acids is 1. The Hall–Kier alpha value is -1.34. The molecule has 0 saturated heterocycles. The van der Waals surface area contributed by atoms with Gasteiger partial charge in [0.25, 0.3) is 0 Å². The first-order valence-electron chi connectivity index (χ1n) is 5.11. The molecule has 0 bridgehead atoms. The topological polar surface area (TPSA) is 110 Å². The van der Waals surface area contributed by atoms with Crippen molar-refractivity contribution in [1.29, 1.82) is 0 Å². The number of nitrogens with one attached hydrogen (secondary N) is 1. The molecule has 1 aliphatic rings. The minimum Gasteiger partial charge on any atom is -0.480 e. The number of nitrogens with zero attached hydrogens (tertiary/aromatic N) is 1. The van der Waals surface area contributed by atoms with Crippen molar-refractivity contribution in [3.8, 4) is 0 Å². The Morgan fingerprint density at radius 1 is 1.38 bits per heavy atom. The maximum absolute atomic E-state index is 11.6. The van der Waals surface area contributed by atoms with Crippen molar-refractivity contribution in [2.45, 2.75) is 24.9 Å². The highest BCUT2D eigenvalue weighted by Gasteiger charge is 2.33. The van der Waals surface area contributed by atoms with Gasteiger partial charge in [0.2, 0.25) is 0 Å². The fourth-order valence-corrected chi connectivity index (χ4v) is 1.36. The largest absolute Gasteiger partial charge is 0.480 e. The standard InChI is InChI=1S/C9H16N2O5/c12-4-3-11(6-1-2-6)9(16)10-7(5-13)8(14)15/h6-7,12-13H,1-5H2,(H,10,16)(H,14,15)/t7-/m0/s1. The lowest BCUT2D eigenvalue weighted by atomic mass is 10.3. The SMILES string of the molecule is O=C(O)[C@H](CO)NC(=O)N(CCO)C1CC1. The van der Waals surface area contributed by atoms with Crippen LogP contribution in [0.3, 0.4) is 0 Å². The molecule has 0 radical (unpaired) electrons. The highest BCUT2D eigenvalue weighted by atomic mass is 16.4. The predicted molar refractivity (Wildman–Crippen MR) is 53.9 cm³/mol. The Morgan fingerprint density at radius 2 is 2.00 bits per heavy atom. The van der Waals surface area contributed by atoms with Crippen molar-refractivity contribution in [3.63, 3.8) is 0 Å². The first-order chi connectivity index (χ1) is 7.60. The molecule has 1 fully saturated rings. The molecule has 0 aromatic heterocycles. The molecule has 92 valence electrons. The van der Waals surface area contributed by atoms with Gasteiger partial charge in [-0.2, -0.15) is 0 Å². The normalized spacial score (nSPS) is 16.6. The Balaban J connectivity index is 2.50. The number of aliphatic hydroxyl groups excluding tert-OH is 2. The van der Waals surface area contributed by atoms with E-state index in [0.29, 0.717) is 0 Å². The van der Waals surface area contributed by atoms with Gasteiger partial charge in [-0.25, -0.2) is 9.59 Å². The zero-order valence-corrected chi connectivity index (χ0v) is 8.80. The lowest BCUT2D eigenvalue weighted by Crippen LogP contribution is -2.50. The molecule has 0 unspecified atom stereocenters. The Kier molecular flexibility index (Phi) is 4.51. The van der Waals surface area contributed by atoms with E-state index in [4.69, 9.17) is 15.3 Å². The first kappa shape index (κ1) is 12.7. The van der Waals surface area contributed by atoms with Crippen LogP contribution < -0.4 is 5.32 Å². The molecule has 7 heteroatoms. The van der Waals surface area contributed by atoms with E-state index in [2.05, 4.69) is 5.32 Å². The van der Waals surface area contributed by atoms with E-state index < -0.39 is 24.6 Å². The van der Waals surface area contributed by atoms with Gasteiger partial charge in [0.15, 0.2) is 6.04 Å². The molecule has 2 amide bonds. The first-order valence-corrected chi connectivity index (χ1v) is 5.11. The van der Waals surface area contributed by atoms with Gasteiger partial charge in [0, 0.05) is 12.6 Å². The molecule has 0 heterocycles.